The zero-order valence-electron chi connectivity index (χ0n) is 10.6. The zero-order valence-corrected chi connectivity index (χ0v) is 11.4. The van der Waals surface area contributed by atoms with Crippen LogP contribution < -0.4 is 5.32 Å². The molecule has 0 spiro atoms. The molecule has 4 nitrogen and oxygen atoms in total. The number of amides is 1. The SMILES string of the molecule is Cc1ccc(NC(=O)[C@@H]2CCC[C@@H]2C(=O)O)c(Cl)c1. The molecule has 0 saturated heterocycles. The Hall–Kier alpha value is -1.55. The van der Waals surface area contributed by atoms with Gasteiger partial charge in [0.25, 0.3) is 0 Å². The van der Waals surface area contributed by atoms with Gasteiger partial charge in [-0.1, -0.05) is 24.1 Å². The van der Waals surface area contributed by atoms with Crippen LogP contribution >= 0.6 is 11.6 Å². The molecule has 1 aliphatic rings. The fourth-order valence-electron chi connectivity index (χ4n) is 2.52. The number of carboxylic acid groups (broad SMARTS) is 1. The number of aliphatic carboxylic acids is 1. The van der Waals surface area contributed by atoms with Gasteiger partial charge in [-0.15, -0.1) is 0 Å². The molecule has 102 valence electrons. The minimum atomic E-state index is -0.896. The molecule has 1 amide bonds. The maximum absolute atomic E-state index is 12.1. The van der Waals surface area contributed by atoms with E-state index in [4.69, 9.17) is 16.7 Å². The predicted molar refractivity (Wildman–Crippen MR) is 73.3 cm³/mol. The van der Waals surface area contributed by atoms with E-state index in [1.54, 1.807) is 12.1 Å². The number of carbonyl (C=O) groups is 2. The molecule has 5 heteroatoms. The second-order valence-corrected chi connectivity index (χ2v) is 5.36. The highest BCUT2D eigenvalue weighted by molar-refractivity contribution is 6.33. The van der Waals surface area contributed by atoms with E-state index in [0.717, 1.165) is 12.0 Å². The van der Waals surface area contributed by atoms with Crippen LogP contribution in [0.5, 0.6) is 0 Å². The van der Waals surface area contributed by atoms with Crippen LogP contribution in [0.3, 0.4) is 0 Å². The van der Waals surface area contributed by atoms with Gasteiger partial charge >= 0.3 is 5.97 Å². The van der Waals surface area contributed by atoms with Crippen molar-refractivity contribution in [2.24, 2.45) is 11.8 Å². The van der Waals surface area contributed by atoms with Crippen molar-refractivity contribution in [2.45, 2.75) is 26.2 Å². The summed E-state index contributed by atoms with van der Waals surface area (Å²) in [6, 6.07) is 5.35. The molecule has 0 bridgehead atoms. The molecule has 2 N–H and O–H groups in total. The number of anilines is 1. The summed E-state index contributed by atoms with van der Waals surface area (Å²) in [6.45, 7) is 1.91. The lowest BCUT2D eigenvalue weighted by Gasteiger charge is -2.16. The third-order valence-electron chi connectivity index (χ3n) is 3.55. The fraction of sp³-hybridized carbons (Fsp3) is 0.429. The summed E-state index contributed by atoms with van der Waals surface area (Å²) in [5, 5.41) is 12.3. The van der Waals surface area contributed by atoms with E-state index in [1.807, 2.05) is 13.0 Å². The molecular formula is C14H16ClNO3. The smallest absolute Gasteiger partial charge is 0.307 e. The van der Waals surface area contributed by atoms with Gasteiger partial charge in [0.15, 0.2) is 0 Å². The van der Waals surface area contributed by atoms with E-state index in [9.17, 15) is 9.59 Å². The molecule has 0 heterocycles. The molecule has 2 atom stereocenters. The number of carbonyl (C=O) groups excluding carboxylic acids is 1. The summed E-state index contributed by atoms with van der Waals surface area (Å²) < 4.78 is 0. The molecular weight excluding hydrogens is 266 g/mol. The normalized spacial score (nSPS) is 22.2. The highest BCUT2D eigenvalue weighted by Crippen LogP contribution is 2.33. The molecule has 1 saturated carbocycles. The zero-order chi connectivity index (χ0) is 14.0. The van der Waals surface area contributed by atoms with Gasteiger partial charge in [-0.05, 0) is 37.5 Å². The van der Waals surface area contributed by atoms with E-state index in [0.29, 0.717) is 23.6 Å². The molecule has 0 unspecified atom stereocenters. The highest BCUT2D eigenvalue weighted by atomic mass is 35.5. The molecule has 0 aromatic heterocycles. The van der Waals surface area contributed by atoms with Crippen molar-refractivity contribution < 1.29 is 14.7 Å². The Morgan fingerprint density at radius 1 is 1.32 bits per heavy atom. The van der Waals surface area contributed by atoms with Crippen LogP contribution in [0.15, 0.2) is 18.2 Å². The Labute approximate surface area is 116 Å². The van der Waals surface area contributed by atoms with Gasteiger partial charge in [0.1, 0.15) is 0 Å². The van der Waals surface area contributed by atoms with Crippen LogP contribution in [0, 0.1) is 18.8 Å². The van der Waals surface area contributed by atoms with Gasteiger partial charge in [-0.25, -0.2) is 0 Å². The highest BCUT2D eigenvalue weighted by Gasteiger charge is 2.37. The lowest BCUT2D eigenvalue weighted by Crippen LogP contribution is -2.30. The molecule has 19 heavy (non-hydrogen) atoms. The maximum Gasteiger partial charge on any atom is 0.307 e. The van der Waals surface area contributed by atoms with Crippen molar-refractivity contribution in [3.63, 3.8) is 0 Å². The summed E-state index contributed by atoms with van der Waals surface area (Å²) >= 11 is 6.05. The number of benzene rings is 1. The topological polar surface area (TPSA) is 66.4 Å². The van der Waals surface area contributed by atoms with Crippen LogP contribution in [0.4, 0.5) is 5.69 Å². The lowest BCUT2D eigenvalue weighted by atomic mass is 9.95. The summed E-state index contributed by atoms with van der Waals surface area (Å²) in [7, 11) is 0. The number of nitrogens with one attached hydrogen (secondary N) is 1. The van der Waals surface area contributed by atoms with Crippen molar-refractivity contribution in [3.8, 4) is 0 Å². The molecule has 1 aromatic carbocycles. The number of aryl methyl sites for hydroxylation is 1. The fourth-order valence-corrected chi connectivity index (χ4v) is 2.80. The van der Waals surface area contributed by atoms with E-state index in [1.165, 1.54) is 0 Å². The minimum Gasteiger partial charge on any atom is -0.481 e. The Bertz CT molecular complexity index is 515. The second kappa shape index (κ2) is 5.61. The van der Waals surface area contributed by atoms with Crippen molar-refractivity contribution in [1.29, 1.82) is 0 Å². The molecule has 2 rings (SSSR count). The first kappa shape index (κ1) is 13.9. The number of hydrogen-bond acceptors (Lipinski definition) is 2. The number of halogens is 1. The van der Waals surface area contributed by atoms with Crippen LogP contribution in [0.1, 0.15) is 24.8 Å². The third kappa shape index (κ3) is 3.07. The van der Waals surface area contributed by atoms with Crippen molar-refractivity contribution >= 4 is 29.2 Å². The van der Waals surface area contributed by atoms with Crippen LogP contribution in [-0.2, 0) is 9.59 Å². The Balaban J connectivity index is 2.10. The Morgan fingerprint density at radius 3 is 2.63 bits per heavy atom. The Morgan fingerprint density at radius 2 is 2.00 bits per heavy atom. The van der Waals surface area contributed by atoms with Crippen LogP contribution in [0.2, 0.25) is 5.02 Å². The third-order valence-corrected chi connectivity index (χ3v) is 3.87. The first-order chi connectivity index (χ1) is 8.99. The number of hydrogen-bond donors (Lipinski definition) is 2. The first-order valence-electron chi connectivity index (χ1n) is 6.29. The number of carboxylic acids is 1. The van der Waals surface area contributed by atoms with Gasteiger partial charge in [-0.2, -0.15) is 0 Å². The molecule has 0 aliphatic heterocycles. The molecule has 0 radical (unpaired) electrons. The predicted octanol–water partition coefficient (Wildman–Crippen LogP) is 3.09. The van der Waals surface area contributed by atoms with Gasteiger partial charge in [0.05, 0.1) is 22.5 Å². The maximum atomic E-state index is 12.1. The quantitative estimate of drug-likeness (QED) is 0.895. The molecule has 1 aliphatic carbocycles. The average molecular weight is 282 g/mol. The second-order valence-electron chi connectivity index (χ2n) is 4.95. The summed E-state index contributed by atoms with van der Waals surface area (Å²) in [5.41, 5.74) is 1.54. The molecule has 1 fully saturated rings. The van der Waals surface area contributed by atoms with E-state index < -0.39 is 17.8 Å². The van der Waals surface area contributed by atoms with Crippen LogP contribution in [0.25, 0.3) is 0 Å². The van der Waals surface area contributed by atoms with Gasteiger partial charge in [0.2, 0.25) is 5.91 Å². The summed E-state index contributed by atoms with van der Waals surface area (Å²) in [6.07, 6.45) is 1.96. The van der Waals surface area contributed by atoms with Gasteiger partial charge in [-0.3, -0.25) is 9.59 Å². The minimum absolute atomic E-state index is 0.254. The Kier molecular flexibility index (Phi) is 4.10. The average Bonchev–Trinajstić information content (AvgIpc) is 2.82. The lowest BCUT2D eigenvalue weighted by molar-refractivity contribution is -0.145. The molecule has 1 aromatic rings. The largest absolute Gasteiger partial charge is 0.481 e. The van der Waals surface area contributed by atoms with Crippen molar-refractivity contribution in [2.75, 3.05) is 5.32 Å². The van der Waals surface area contributed by atoms with Crippen molar-refractivity contribution in [3.05, 3.63) is 28.8 Å². The van der Waals surface area contributed by atoms with Gasteiger partial charge in [0, 0.05) is 0 Å². The van der Waals surface area contributed by atoms with E-state index in [-0.39, 0.29) is 5.91 Å². The summed E-state index contributed by atoms with van der Waals surface area (Å²) in [5.74, 6) is -2.19. The van der Waals surface area contributed by atoms with Crippen molar-refractivity contribution in [1.82, 2.24) is 0 Å². The first-order valence-corrected chi connectivity index (χ1v) is 6.66. The summed E-state index contributed by atoms with van der Waals surface area (Å²) in [4.78, 5) is 23.2. The number of rotatable bonds is 3. The van der Waals surface area contributed by atoms with Crippen LogP contribution in [-0.4, -0.2) is 17.0 Å². The monoisotopic (exact) mass is 281 g/mol. The van der Waals surface area contributed by atoms with E-state index in [2.05, 4.69) is 5.32 Å². The standard InChI is InChI=1S/C14H16ClNO3/c1-8-5-6-12(11(15)7-8)16-13(17)9-3-2-4-10(9)14(18)19/h5-7,9-10H,2-4H2,1H3,(H,16,17)(H,18,19)/t9-,10+/m1/s1. The van der Waals surface area contributed by atoms with E-state index >= 15 is 0 Å². The van der Waals surface area contributed by atoms with Gasteiger partial charge < -0.3 is 10.4 Å².